The van der Waals surface area contributed by atoms with Crippen LogP contribution in [0.2, 0.25) is 0 Å². The van der Waals surface area contributed by atoms with E-state index < -0.39 is 0 Å². The van der Waals surface area contributed by atoms with Crippen LogP contribution in [0, 0.1) is 12.7 Å². The zero-order valence-electron chi connectivity index (χ0n) is 18.2. The van der Waals surface area contributed by atoms with Crippen molar-refractivity contribution in [2.24, 2.45) is 0 Å². The number of anilines is 1. The molecule has 0 saturated carbocycles. The number of aromatic nitrogens is 4. The van der Waals surface area contributed by atoms with Gasteiger partial charge in [0.15, 0.2) is 0 Å². The monoisotopic (exact) mass is 408 g/mol. The average Bonchev–Trinajstić information content (AvgIpc) is 3.13. The van der Waals surface area contributed by atoms with Gasteiger partial charge in [-0.05, 0) is 53.5 Å². The molecule has 4 rings (SSSR count). The van der Waals surface area contributed by atoms with Crippen LogP contribution in [0.3, 0.4) is 0 Å². The number of aromatic amines is 1. The summed E-state index contributed by atoms with van der Waals surface area (Å²) in [6.45, 7) is 10.7. The Morgan fingerprint density at radius 2 is 1.77 bits per heavy atom. The molecule has 30 heavy (non-hydrogen) atoms. The molecule has 1 aliphatic rings. The van der Waals surface area contributed by atoms with E-state index in [9.17, 15) is 4.39 Å². The van der Waals surface area contributed by atoms with Gasteiger partial charge in [0.2, 0.25) is 0 Å². The Morgan fingerprint density at radius 3 is 2.37 bits per heavy atom. The topological polar surface area (TPSA) is 92.5 Å². The van der Waals surface area contributed by atoms with Gasteiger partial charge in [0.05, 0.1) is 23.3 Å². The Bertz CT molecular complexity index is 1060. The van der Waals surface area contributed by atoms with Crippen LogP contribution in [0.5, 0.6) is 0 Å². The molecule has 0 atom stereocenters. The standard InChI is InChI=1S/C23H29FN6/c1-13-19(14-6-7-17(18(24)8-14)16-11-26-27-12-16)29-20(21(25)28-13)15-9-22(2,3)30-23(4,5)10-15/h6-8,11-12,15,30H,9-10H2,1-5H3,(H2,25,28)(H,26,27). The number of nitrogens with two attached hydrogens (primary N) is 1. The van der Waals surface area contributed by atoms with E-state index in [-0.39, 0.29) is 22.8 Å². The number of aryl methyl sites for hydroxylation is 1. The molecule has 0 bridgehead atoms. The lowest BCUT2D eigenvalue weighted by molar-refractivity contribution is 0.160. The van der Waals surface area contributed by atoms with Gasteiger partial charge < -0.3 is 11.1 Å². The molecule has 6 nitrogen and oxygen atoms in total. The van der Waals surface area contributed by atoms with Gasteiger partial charge in [0, 0.05) is 39.9 Å². The van der Waals surface area contributed by atoms with E-state index in [4.69, 9.17) is 10.7 Å². The largest absolute Gasteiger partial charge is 0.382 e. The molecule has 0 aliphatic carbocycles. The Labute approximate surface area is 176 Å². The third-order valence-electron chi connectivity index (χ3n) is 5.75. The summed E-state index contributed by atoms with van der Waals surface area (Å²) in [6.07, 6.45) is 5.09. The van der Waals surface area contributed by atoms with Crippen LogP contribution in [0.25, 0.3) is 22.4 Å². The van der Waals surface area contributed by atoms with Crippen molar-refractivity contribution in [1.29, 1.82) is 0 Å². The van der Waals surface area contributed by atoms with E-state index in [1.54, 1.807) is 18.5 Å². The molecule has 0 radical (unpaired) electrons. The lowest BCUT2D eigenvalue weighted by Gasteiger charge is -2.46. The number of hydrogen-bond acceptors (Lipinski definition) is 5. The molecule has 158 valence electrons. The van der Waals surface area contributed by atoms with E-state index in [1.165, 1.54) is 6.07 Å². The van der Waals surface area contributed by atoms with Crippen molar-refractivity contribution in [3.8, 4) is 22.4 Å². The predicted octanol–water partition coefficient (Wildman–Crippen LogP) is 4.59. The van der Waals surface area contributed by atoms with E-state index in [0.717, 1.165) is 18.5 Å². The Morgan fingerprint density at radius 1 is 1.07 bits per heavy atom. The molecule has 0 spiro atoms. The Hall–Kier alpha value is -2.80. The summed E-state index contributed by atoms with van der Waals surface area (Å²) < 4.78 is 14.8. The molecule has 1 aromatic carbocycles. The fourth-order valence-electron chi connectivity index (χ4n) is 4.93. The molecule has 1 saturated heterocycles. The molecular weight excluding hydrogens is 379 g/mol. The molecule has 7 heteroatoms. The fraction of sp³-hybridized carbons (Fsp3) is 0.435. The van der Waals surface area contributed by atoms with Crippen molar-refractivity contribution >= 4 is 5.82 Å². The maximum absolute atomic E-state index is 14.8. The molecule has 3 heterocycles. The summed E-state index contributed by atoms with van der Waals surface area (Å²) in [5.41, 5.74) is 10.3. The van der Waals surface area contributed by atoms with Gasteiger partial charge in [0.1, 0.15) is 11.6 Å². The lowest BCUT2D eigenvalue weighted by atomic mass is 9.74. The first kappa shape index (κ1) is 20.5. The first-order valence-corrected chi connectivity index (χ1v) is 10.3. The van der Waals surface area contributed by atoms with E-state index in [2.05, 4.69) is 48.2 Å². The summed E-state index contributed by atoms with van der Waals surface area (Å²) in [5, 5.41) is 10.3. The highest BCUT2D eigenvalue weighted by atomic mass is 19.1. The van der Waals surface area contributed by atoms with Crippen LogP contribution >= 0.6 is 0 Å². The Kier molecular flexibility index (Phi) is 4.89. The smallest absolute Gasteiger partial charge is 0.145 e. The number of benzene rings is 1. The predicted molar refractivity (Wildman–Crippen MR) is 117 cm³/mol. The van der Waals surface area contributed by atoms with E-state index >= 15 is 0 Å². The summed E-state index contributed by atoms with van der Waals surface area (Å²) >= 11 is 0. The van der Waals surface area contributed by atoms with Crippen molar-refractivity contribution in [3.05, 3.63) is 47.8 Å². The van der Waals surface area contributed by atoms with Crippen molar-refractivity contribution in [1.82, 2.24) is 25.5 Å². The number of hydrogen-bond donors (Lipinski definition) is 3. The number of nitrogens with zero attached hydrogens (tertiary/aromatic N) is 3. The van der Waals surface area contributed by atoms with Crippen LogP contribution in [-0.2, 0) is 0 Å². The minimum Gasteiger partial charge on any atom is -0.382 e. The summed E-state index contributed by atoms with van der Waals surface area (Å²) in [5.74, 6) is 0.320. The maximum atomic E-state index is 14.8. The van der Waals surface area contributed by atoms with Gasteiger partial charge in [-0.15, -0.1) is 0 Å². The number of H-pyrrole nitrogens is 1. The SMILES string of the molecule is Cc1nc(N)c(C2CC(C)(C)NC(C)(C)C2)nc1-c1ccc(-c2cn[nH]c2)c(F)c1. The molecule has 2 aromatic heterocycles. The number of halogens is 1. The molecule has 1 aliphatic heterocycles. The maximum Gasteiger partial charge on any atom is 0.145 e. The molecule has 0 amide bonds. The zero-order valence-corrected chi connectivity index (χ0v) is 18.2. The van der Waals surface area contributed by atoms with Crippen molar-refractivity contribution in [2.75, 3.05) is 5.73 Å². The molecule has 0 unspecified atom stereocenters. The lowest BCUT2D eigenvalue weighted by Crippen LogP contribution is -2.57. The average molecular weight is 409 g/mol. The normalized spacial score (nSPS) is 18.5. The second kappa shape index (κ2) is 7.16. The first-order chi connectivity index (χ1) is 14.0. The van der Waals surface area contributed by atoms with E-state index in [0.29, 0.717) is 33.9 Å². The number of nitrogen functional groups attached to an aromatic ring is 1. The number of rotatable bonds is 3. The third-order valence-corrected chi connectivity index (χ3v) is 5.75. The van der Waals surface area contributed by atoms with E-state index in [1.807, 2.05) is 13.0 Å². The van der Waals surface area contributed by atoms with Crippen LogP contribution in [0.15, 0.2) is 30.6 Å². The van der Waals surface area contributed by atoms with Gasteiger partial charge in [-0.3, -0.25) is 5.10 Å². The molecule has 4 N–H and O–H groups in total. The van der Waals surface area contributed by atoms with Crippen molar-refractivity contribution in [3.63, 3.8) is 0 Å². The van der Waals surface area contributed by atoms with Gasteiger partial charge in [-0.1, -0.05) is 12.1 Å². The third kappa shape index (κ3) is 3.94. The molecule has 1 fully saturated rings. The number of piperidine rings is 1. The highest BCUT2D eigenvalue weighted by molar-refractivity contribution is 5.70. The minimum absolute atomic E-state index is 0.0378. The Balaban J connectivity index is 1.75. The van der Waals surface area contributed by atoms with Gasteiger partial charge in [0.25, 0.3) is 0 Å². The van der Waals surface area contributed by atoms with Gasteiger partial charge in [-0.25, -0.2) is 14.4 Å². The summed E-state index contributed by atoms with van der Waals surface area (Å²) in [7, 11) is 0. The molecule has 3 aromatic rings. The minimum atomic E-state index is -0.322. The fourth-order valence-corrected chi connectivity index (χ4v) is 4.93. The summed E-state index contributed by atoms with van der Waals surface area (Å²) in [6, 6.07) is 5.14. The van der Waals surface area contributed by atoms with Crippen LogP contribution in [0.4, 0.5) is 10.2 Å². The number of nitrogens with one attached hydrogen (secondary N) is 2. The zero-order chi connectivity index (χ0) is 21.7. The summed E-state index contributed by atoms with van der Waals surface area (Å²) in [4.78, 5) is 9.51. The van der Waals surface area contributed by atoms with Crippen LogP contribution in [0.1, 0.15) is 57.8 Å². The quantitative estimate of drug-likeness (QED) is 0.590. The van der Waals surface area contributed by atoms with Crippen molar-refractivity contribution in [2.45, 2.75) is 64.5 Å². The van der Waals surface area contributed by atoms with Crippen LogP contribution in [-0.4, -0.2) is 31.2 Å². The highest BCUT2D eigenvalue weighted by Crippen LogP contribution is 2.41. The second-order valence-electron chi connectivity index (χ2n) is 9.61. The first-order valence-electron chi connectivity index (χ1n) is 10.3. The highest BCUT2D eigenvalue weighted by Gasteiger charge is 2.39. The molecular formula is C23H29FN6. The van der Waals surface area contributed by atoms with Gasteiger partial charge >= 0.3 is 0 Å². The second-order valence-corrected chi connectivity index (χ2v) is 9.61. The van der Waals surface area contributed by atoms with Crippen LogP contribution < -0.4 is 11.1 Å². The van der Waals surface area contributed by atoms with Crippen molar-refractivity contribution < 1.29 is 4.39 Å². The van der Waals surface area contributed by atoms with Gasteiger partial charge in [-0.2, -0.15) is 5.10 Å².